The molecule has 0 fully saturated rings. The standard InChI is InChI=1S/C10H22O2/c11-9-7-5-3-1-2-4-6-8-10-12/h11-12H,1-10H2. The Bertz CT molecular complexity index is 64.2. The predicted molar refractivity (Wildman–Crippen MR) is 51.1 cm³/mol. The van der Waals surface area contributed by atoms with Crippen molar-refractivity contribution in [2.45, 2.75) is 51.4 Å². The second kappa shape index (κ2) is 10.9. The van der Waals surface area contributed by atoms with Crippen LogP contribution in [0.2, 0.25) is 0 Å². The number of aliphatic hydroxyl groups excluding tert-OH is 2. The Labute approximate surface area is 75.6 Å². The molecule has 0 spiro atoms. The Morgan fingerprint density at radius 3 is 0.917 bits per heavy atom. The topological polar surface area (TPSA) is 40.5 Å². The van der Waals surface area contributed by atoms with Crippen molar-refractivity contribution >= 4 is 0 Å². The summed E-state index contributed by atoms with van der Waals surface area (Å²) in [6.07, 6.45) is 9.30. The molecular formula is C10H22O2. The van der Waals surface area contributed by atoms with Crippen LogP contribution >= 0.6 is 0 Å². The molecule has 0 saturated heterocycles. The molecule has 2 N–H and O–H groups in total. The van der Waals surface area contributed by atoms with Gasteiger partial charge in [0.15, 0.2) is 0 Å². The summed E-state index contributed by atoms with van der Waals surface area (Å²) in [4.78, 5) is 0. The van der Waals surface area contributed by atoms with Gasteiger partial charge in [-0.3, -0.25) is 0 Å². The first-order chi connectivity index (χ1) is 5.91. The summed E-state index contributed by atoms with van der Waals surface area (Å²) in [6.45, 7) is 0.676. The zero-order valence-corrected chi connectivity index (χ0v) is 7.97. The molecule has 0 atom stereocenters. The van der Waals surface area contributed by atoms with Crippen LogP contribution in [0.15, 0.2) is 0 Å². The van der Waals surface area contributed by atoms with Crippen LogP contribution in [0.25, 0.3) is 0 Å². The molecule has 0 heterocycles. The maximum atomic E-state index is 8.51. The molecule has 0 aliphatic heterocycles. The van der Waals surface area contributed by atoms with Crippen molar-refractivity contribution in [3.63, 3.8) is 0 Å². The summed E-state index contributed by atoms with van der Waals surface area (Å²) >= 11 is 0. The monoisotopic (exact) mass is 174 g/mol. The third kappa shape index (κ3) is 9.92. The normalized spacial score (nSPS) is 10.5. The van der Waals surface area contributed by atoms with Crippen LogP contribution in [0.3, 0.4) is 0 Å². The lowest BCUT2D eigenvalue weighted by Crippen LogP contribution is -1.85. The zero-order chi connectivity index (χ0) is 9.07. The van der Waals surface area contributed by atoms with E-state index < -0.39 is 0 Å². The van der Waals surface area contributed by atoms with Gasteiger partial charge in [-0.1, -0.05) is 38.5 Å². The molecule has 0 bridgehead atoms. The van der Waals surface area contributed by atoms with E-state index in [-0.39, 0.29) is 0 Å². The minimum Gasteiger partial charge on any atom is -0.396 e. The Balaban J connectivity index is 2.73. The van der Waals surface area contributed by atoms with Crippen LogP contribution < -0.4 is 0 Å². The molecule has 0 saturated carbocycles. The third-order valence-electron chi connectivity index (χ3n) is 2.07. The van der Waals surface area contributed by atoms with Gasteiger partial charge < -0.3 is 10.2 Å². The first kappa shape index (κ1) is 11.9. The van der Waals surface area contributed by atoms with E-state index in [2.05, 4.69) is 0 Å². The molecule has 2 nitrogen and oxygen atoms in total. The summed E-state index contributed by atoms with van der Waals surface area (Å²) in [5.41, 5.74) is 0. The second-order valence-corrected chi connectivity index (χ2v) is 3.28. The molecule has 0 aliphatic carbocycles. The van der Waals surface area contributed by atoms with E-state index in [9.17, 15) is 0 Å². The maximum Gasteiger partial charge on any atom is 0.0431 e. The fourth-order valence-corrected chi connectivity index (χ4v) is 1.28. The van der Waals surface area contributed by atoms with Crippen molar-refractivity contribution in [2.75, 3.05) is 13.2 Å². The lowest BCUT2D eigenvalue weighted by atomic mass is 10.1. The van der Waals surface area contributed by atoms with Gasteiger partial charge in [0.2, 0.25) is 0 Å². The lowest BCUT2D eigenvalue weighted by Gasteiger charge is -1.99. The Hall–Kier alpha value is -0.0800. The highest BCUT2D eigenvalue weighted by Gasteiger charge is 1.90. The summed E-state index contributed by atoms with van der Waals surface area (Å²) in [6, 6.07) is 0. The molecule has 0 aliphatic rings. The maximum absolute atomic E-state index is 8.51. The summed E-state index contributed by atoms with van der Waals surface area (Å²) < 4.78 is 0. The number of hydrogen-bond donors (Lipinski definition) is 2. The molecule has 0 aromatic rings. The van der Waals surface area contributed by atoms with Crippen molar-refractivity contribution in [1.82, 2.24) is 0 Å². The molecule has 74 valence electrons. The Kier molecular flexibility index (Phi) is 10.8. The van der Waals surface area contributed by atoms with Crippen LogP contribution in [0, 0.1) is 0 Å². The van der Waals surface area contributed by atoms with Crippen LogP contribution in [-0.4, -0.2) is 23.4 Å². The van der Waals surface area contributed by atoms with Gasteiger partial charge in [-0.2, -0.15) is 0 Å². The van der Waals surface area contributed by atoms with E-state index in [0.717, 1.165) is 25.7 Å². The molecule has 0 radical (unpaired) electrons. The molecule has 0 aromatic carbocycles. The van der Waals surface area contributed by atoms with Gasteiger partial charge in [0.25, 0.3) is 0 Å². The van der Waals surface area contributed by atoms with Crippen LogP contribution in [0.5, 0.6) is 0 Å². The van der Waals surface area contributed by atoms with Gasteiger partial charge >= 0.3 is 0 Å². The summed E-state index contributed by atoms with van der Waals surface area (Å²) in [7, 11) is 0. The predicted octanol–water partition coefficient (Wildman–Crippen LogP) is 2.09. The zero-order valence-electron chi connectivity index (χ0n) is 7.97. The van der Waals surface area contributed by atoms with Gasteiger partial charge in [-0.15, -0.1) is 0 Å². The van der Waals surface area contributed by atoms with Crippen LogP contribution in [0.1, 0.15) is 51.4 Å². The lowest BCUT2D eigenvalue weighted by molar-refractivity contribution is 0.279. The first-order valence-electron chi connectivity index (χ1n) is 5.13. The SMILES string of the molecule is OCCCCCCCCCCO. The Morgan fingerprint density at radius 2 is 0.667 bits per heavy atom. The number of rotatable bonds is 9. The van der Waals surface area contributed by atoms with Crippen LogP contribution in [-0.2, 0) is 0 Å². The van der Waals surface area contributed by atoms with E-state index in [1.807, 2.05) is 0 Å². The Morgan fingerprint density at radius 1 is 0.417 bits per heavy atom. The fourth-order valence-electron chi connectivity index (χ4n) is 1.28. The van der Waals surface area contributed by atoms with E-state index in [0.29, 0.717) is 13.2 Å². The van der Waals surface area contributed by atoms with Crippen molar-refractivity contribution in [1.29, 1.82) is 0 Å². The van der Waals surface area contributed by atoms with E-state index in [4.69, 9.17) is 10.2 Å². The third-order valence-corrected chi connectivity index (χ3v) is 2.07. The van der Waals surface area contributed by atoms with Gasteiger partial charge in [0.1, 0.15) is 0 Å². The smallest absolute Gasteiger partial charge is 0.0431 e. The first-order valence-corrected chi connectivity index (χ1v) is 5.13. The number of aliphatic hydroxyl groups is 2. The minimum absolute atomic E-state index is 0.338. The van der Waals surface area contributed by atoms with E-state index in [1.165, 1.54) is 25.7 Å². The number of hydrogen-bond acceptors (Lipinski definition) is 2. The van der Waals surface area contributed by atoms with Gasteiger partial charge in [0.05, 0.1) is 0 Å². The minimum atomic E-state index is 0.338. The average Bonchev–Trinajstić information content (AvgIpc) is 2.10. The molecule has 2 heteroatoms. The van der Waals surface area contributed by atoms with Gasteiger partial charge in [0, 0.05) is 13.2 Å². The van der Waals surface area contributed by atoms with Crippen molar-refractivity contribution < 1.29 is 10.2 Å². The van der Waals surface area contributed by atoms with E-state index >= 15 is 0 Å². The molecule has 0 unspecified atom stereocenters. The average molecular weight is 174 g/mol. The summed E-state index contributed by atoms with van der Waals surface area (Å²) in [5.74, 6) is 0. The summed E-state index contributed by atoms with van der Waals surface area (Å²) in [5, 5.41) is 17.0. The fraction of sp³-hybridized carbons (Fsp3) is 1.00. The van der Waals surface area contributed by atoms with Crippen LogP contribution in [0.4, 0.5) is 0 Å². The van der Waals surface area contributed by atoms with Crippen molar-refractivity contribution in [3.8, 4) is 0 Å². The van der Waals surface area contributed by atoms with E-state index in [1.54, 1.807) is 0 Å². The van der Waals surface area contributed by atoms with Crippen molar-refractivity contribution in [3.05, 3.63) is 0 Å². The number of unbranched alkanes of at least 4 members (excludes halogenated alkanes) is 7. The van der Waals surface area contributed by atoms with Crippen molar-refractivity contribution in [2.24, 2.45) is 0 Å². The highest BCUT2D eigenvalue weighted by atomic mass is 16.3. The second-order valence-electron chi connectivity index (χ2n) is 3.28. The molecule has 0 amide bonds. The van der Waals surface area contributed by atoms with Gasteiger partial charge in [-0.05, 0) is 12.8 Å². The van der Waals surface area contributed by atoms with Gasteiger partial charge in [-0.25, -0.2) is 0 Å². The largest absolute Gasteiger partial charge is 0.396 e. The molecule has 0 rings (SSSR count). The highest BCUT2D eigenvalue weighted by Crippen LogP contribution is 2.07. The molecule has 12 heavy (non-hydrogen) atoms. The molecule has 0 aromatic heterocycles. The highest BCUT2D eigenvalue weighted by molar-refractivity contribution is 4.45. The quantitative estimate of drug-likeness (QED) is 0.525. The molecular weight excluding hydrogens is 152 g/mol.